The number of ether oxygens (including phenoxy) is 2. The van der Waals surface area contributed by atoms with E-state index in [1.807, 2.05) is 0 Å². The Balaban J connectivity index is 2.07. The first-order valence-electron chi connectivity index (χ1n) is 6.58. The van der Waals surface area contributed by atoms with Gasteiger partial charge in [-0.05, 0) is 12.8 Å². The van der Waals surface area contributed by atoms with Gasteiger partial charge in [0.15, 0.2) is 0 Å². The fourth-order valence-electron chi connectivity index (χ4n) is 1.72. The summed E-state index contributed by atoms with van der Waals surface area (Å²) in [5.41, 5.74) is 0. The first-order chi connectivity index (χ1) is 9.66. The molecule has 7 nitrogen and oxygen atoms in total. The molecule has 0 bridgehead atoms. The Kier molecular flexibility index (Phi) is 8.40. The molecular formula is C12H22N2O5S. The Bertz CT molecular complexity index is 316. The van der Waals surface area contributed by atoms with Crippen molar-refractivity contribution in [3.63, 3.8) is 0 Å². The third-order valence-corrected chi connectivity index (χ3v) is 3.86. The van der Waals surface area contributed by atoms with Gasteiger partial charge in [-0.3, -0.25) is 0 Å². The second kappa shape index (κ2) is 9.84. The SMILES string of the molecule is COCCOCCCCNC(=O)N1CSCC1C(=O)O. The zero-order valence-electron chi connectivity index (χ0n) is 11.7. The molecule has 1 atom stereocenters. The van der Waals surface area contributed by atoms with Gasteiger partial charge in [-0.15, -0.1) is 11.8 Å². The van der Waals surface area contributed by atoms with Gasteiger partial charge in [0.25, 0.3) is 0 Å². The van der Waals surface area contributed by atoms with E-state index in [2.05, 4.69) is 5.32 Å². The Morgan fingerprint density at radius 3 is 2.85 bits per heavy atom. The molecule has 1 saturated heterocycles. The first kappa shape index (κ1) is 17.1. The lowest BCUT2D eigenvalue weighted by molar-refractivity contribution is -0.140. The van der Waals surface area contributed by atoms with Crippen LogP contribution in [-0.2, 0) is 14.3 Å². The van der Waals surface area contributed by atoms with E-state index < -0.39 is 12.0 Å². The van der Waals surface area contributed by atoms with E-state index in [4.69, 9.17) is 14.6 Å². The fourth-order valence-corrected chi connectivity index (χ4v) is 2.86. The summed E-state index contributed by atoms with van der Waals surface area (Å²) in [6, 6.07) is -1.01. The third-order valence-electron chi connectivity index (χ3n) is 2.85. The minimum absolute atomic E-state index is 0.303. The molecule has 0 aromatic carbocycles. The quantitative estimate of drug-likeness (QED) is 0.607. The van der Waals surface area contributed by atoms with Crippen LogP contribution in [0.5, 0.6) is 0 Å². The van der Waals surface area contributed by atoms with Crippen LogP contribution in [0, 0.1) is 0 Å². The van der Waals surface area contributed by atoms with E-state index in [0.29, 0.717) is 38.0 Å². The monoisotopic (exact) mass is 306 g/mol. The molecule has 0 saturated carbocycles. The van der Waals surface area contributed by atoms with E-state index in [-0.39, 0.29) is 6.03 Å². The van der Waals surface area contributed by atoms with Crippen molar-refractivity contribution < 1.29 is 24.2 Å². The minimum Gasteiger partial charge on any atom is -0.480 e. The molecular weight excluding hydrogens is 284 g/mol. The topological polar surface area (TPSA) is 88.1 Å². The second-order valence-corrected chi connectivity index (χ2v) is 5.37. The Morgan fingerprint density at radius 2 is 2.15 bits per heavy atom. The van der Waals surface area contributed by atoms with Gasteiger partial charge >= 0.3 is 12.0 Å². The molecule has 1 rings (SSSR count). The van der Waals surface area contributed by atoms with Crippen LogP contribution < -0.4 is 5.32 Å². The van der Waals surface area contributed by atoms with Crippen molar-refractivity contribution in [1.82, 2.24) is 10.2 Å². The number of carboxylic acids is 1. The number of methoxy groups -OCH3 is 1. The summed E-state index contributed by atoms with van der Waals surface area (Å²) in [4.78, 5) is 24.1. The van der Waals surface area contributed by atoms with Crippen molar-refractivity contribution in [2.45, 2.75) is 18.9 Å². The summed E-state index contributed by atoms with van der Waals surface area (Å²) in [5.74, 6) is -0.0596. The molecule has 0 aliphatic carbocycles. The zero-order chi connectivity index (χ0) is 14.8. The molecule has 0 spiro atoms. The van der Waals surface area contributed by atoms with Gasteiger partial charge in [0.1, 0.15) is 6.04 Å². The number of carboxylic acid groups (broad SMARTS) is 1. The number of unbranched alkanes of at least 4 members (excludes halogenated alkanes) is 1. The molecule has 0 aromatic rings. The van der Waals surface area contributed by atoms with Gasteiger partial charge in [0, 0.05) is 26.0 Å². The van der Waals surface area contributed by atoms with Crippen LogP contribution in [-0.4, -0.2) is 73.2 Å². The Hall–Kier alpha value is -0.990. The standard InChI is InChI=1S/C12H22N2O5S/c1-18-6-7-19-5-3-2-4-13-12(17)14-9-20-8-10(14)11(15)16/h10H,2-9H2,1H3,(H,13,17)(H,15,16). The van der Waals surface area contributed by atoms with E-state index >= 15 is 0 Å². The Morgan fingerprint density at radius 1 is 1.35 bits per heavy atom. The number of nitrogens with zero attached hydrogens (tertiary/aromatic N) is 1. The second-order valence-electron chi connectivity index (χ2n) is 4.37. The highest BCUT2D eigenvalue weighted by Crippen LogP contribution is 2.20. The van der Waals surface area contributed by atoms with Crippen molar-refractivity contribution in [3.8, 4) is 0 Å². The molecule has 1 aliphatic rings. The highest BCUT2D eigenvalue weighted by Gasteiger charge is 2.34. The highest BCUT2D eigenvalue weighted by atomic mass is 32.2. The molecule has 116 valence electrons. The molecule has 2 amide bonds. The smallest absolute Gasteiger partial charge is 0.327 e. The van der Waals surface area contributed by atoms with Crippen LogP contribution in [0.2, 0.25) is 0 Å². The van der Waals surface area contributed by atoms with Gasteiger partial charge in [0.2, 0.25) is 0 Å². The van der Waals surface area contributed by atoms with Crippen molar-refractivity contribution in [2.75, 3.05) is 45.1 Å². The average molecular weight is 306 g/mol. The van der Waals surface area contributed by atoms with Gasteiger partial charge < -0.3 is 24.8 Å². The van der Waals surface area contributed by atoms with Crippen LogP contribution in [0.25, 0.3) is 0 Å². The molecule has 20 heavy (non-hydrogen) atoms. The van der Waals surface area contributed by atoms with Gasteiger partial charge in [-0.25, -0.2) is 9.59 Å². The van der Waals surface area contributed by atoms with Gasteiger partial charge in [-0.2, -0.15) is 0 Å². The predicted octanol–water partition coefficient (Wildman–Crippen LogP) is 0.599. The number of nitrogens with one attached hydrogen (secondary N) is 1. The lowest BCUT2D eigenvalue weighted by Gasteiger charge is -2.20. The molecule has 0 radical (unpaired) electrons. The third kappa shape index (κ3) is 5.98. The number of carbonyl (C=O) groups is 2. The van der Waals surface area contributed by atoms with Crippen molar-refractivity contribution in [1.29, 1.82) is 0 Å². The van der Waals surface area contributed by atoms with E-state index in [1.54, 1.807) is 7.11 Å². The molecule has 8 heteroatoms. The first-order valence-corrected chi connectivity index (χ1v) is 7.74. The van der Waals surface area contributed by atoms with Crippen LogP contribution in [0.4, 0.5) is 4.79 Å². The summed E-state index contributed by atoms with van der Waals surface area (Å²) in [6.07, 6.45) is 1.65. The lowest BCUT2D eigenvalue weighted by atomic mass is 10.3. The van der Waals surface area contributed by atoms with E-state index in [0.717, 1.165) is 12.8 Å². The summed E-state index contributed by atoms with van der Waals surface area (Å²) >= 11 is 1.45. The molecule has 0 aromatic heterocycles. The van der Waals surface area contributed by atoms with Crippen LogP contribution >= 0.6 is 11.8 Å². The number of hydrogen-bond donors (Lipinski definition) is 2. The summed E-state index contributed by atoms with van der Waals surface area (Å²) in [7, 11) is 1.62. The number of aliphatic carboxylic acids is 1. The van der Waals surface area contributed by atoms with Crippen LogP contribution in [0.3, 0.4) is 0 Å². The molecule has 1 unspecified atom stereocenters. The van der Waals surface area contributed by atoms with Gasteiger partial charge in [-0.1, -0.05) is 0 Å². The zero-order valence-corrected chi connectivity index (χ0v) is 12.5. The number of amides is 2. The number of carbonyl (C=O) groups excluding carboxylic acids is 1. The maximum Gasteiger partial charge on any atom is 0.327 e. The molecule has 2 N–H and O–H groups in total. The lowest BCUT2D eigenvalue weighted by Crippen LogP contribution is -2.47. The van der Waals surface area contributed by atoms with Crippen LogP contribution in [0.15, 0.2) is 0 Å². The largest absolute Gasteiger partial charge is 0.480 e. The van der Waals surface area contributed by atoms with Crippen molar-refractivity contribution >= 4 is 23.8 Å². The minimum atomic E-state index is -0.948. The summed E-state index contributed by atoms with van der Waals surface area (Å²) in [5, 5.41) is 11.7. The number of urea groups is 1. The maximum absolute atomic E-state index is 11.8. The van der Waals surface area contributed by atoms with E-state index in [1.165, 1.54) is 16.7 Å². The molecule has 1 aliphatic heterocycles. The number of rotatable bonds is 9. The van der Waals surface area contributed by atoms with Gasteiger partial charge in [0.05, 0.1) is 19.1 Å². The van der Waals surface area contributed by atoms with Crippen LogP contribution in [0.1, 0.15) is 12.8 Å². The Labute approximate surface area is 123 Å². The number of thioether (sulfide) groups is 1. The number of hydrogen-bond acceptors (Lipinski definition) is 5. The highest BCUT2D eigenvalue weighted by molar-refractivity contribution is 7.99. The molecule has 1 heterocycles. The average Bonchev–Trinajstić information content (AvgIpc) is 2.91. The predicted molar refractivity (Wildman–Crippen MR) is 75.9 cm³/mol. The fraction of sp³-hybridized carbons (Fsp3) is 0.833. The van der Waals surface area contributed by atoms with Crippen molar-refractivity contribution in [3.05, 3.63) is 0 Å². The van der Waals surface area contributed by atoms with Crippen molar-refractivity contribution in [2.24, 2.45) is 0 Å². The normalized spacial score (nSPS) is 18.2. The maximum atomic E-state index is 11.8. The summed E-state index contributed by atoms with van der Waals surface area (Å²) < 4.78 is 10.2. The van der Waals surface area contributed by atoms with E-state index in [9.17, 15) is 9.59 Å². The summed E-state index contributed by atoms with van der Waals surface area (Å²) in [6.45, 7) is 2.32. The molecule has 1 fully saturated rings.